The van der Waals surface area contributed by atoms with Crippen molar-refractivity contribution in [3.05, 3.63) is 77.3 Å². The minimum atomic E-state index is -0.259. The summed E-state index contributed by atoms with van der Waals surface area (Å²) >= 11 is 0. The van der Waals surface area contributed by atoms with Crippen LogP contribution in [-0.4, -0.2) is 52.2 Å². The number of benzene rings is 2. The van der Waals surface area contributed by atoms with Crippen LogP contribution in [0.3, 0.4) is 0 Å². The Morgan fingerprint density at radius 1 is 1.03 bits per heavy atom. The van der Waals surface area contributed by atoms with Gasteiger partial charge in [0.05, 0.1) is 16.9 Å². The molecule has 1 fully saturated rings. The number of nitrogens with zero attached hydrogens (tertiary/aromatic N) is 6. The van der Waals surface area contributed by atoms with E-state index >= 15 is 0 Å². The van der Waals surface area contributed by atoms with Crippen molar-refractivity contribution in [1.29, 1.82) is 5.26 Å². The van der Waals surface area contributed by atoms with Crippen LogP contribution in [0.4, 0.5) is 10.1 Å². The molecule has 6 rings (SSSR count). The third kappa shape index (κ3) is 4.82. The van der Waals surface area contributed by atoms with Crippen molar-refractivity contribution in [2.75, 3.05) is 37.6 Å². The molecule has 0 saturated carbocycles. The molecule has 0 unspecified atom stereocenters. The van der Waals surface area contributed by atoms with Crippen LogP contribution in [0.2, 0.25) is 0 Å². The highest BCUT2D eigenvalue weighted by molar-refractivity contribution is 5.92. The Bertz CT molecular complexity index is 1480. The second kappa shape index (κ2) is 10.9. The van der Waals surface area contributed by atoms with E-state index in [4.69, 9.17) is 4.74 Å². The fourth-order valence-corrected chi connectivity index (χ4v) is 5.13. The maximum atomic E-state index is 14.8. The Hall–Kier alpha value is -3.38. The van der Waals surface area contributed by atoms with E-state index in [1.165, 1.54) is 17.1 Å². The van der Waals surface area contributed by atoms with Crippen molar-refractivity contribution < 1.29 is 9.13 Å². The Balaban J connectivity index is 0.00000160. The van der Waals surface area contributed by atoms with Gasteiger partial charge >= 0.3 is 0 Å². The zero-order chi connectivity index (χ0) is 23.9. The van der Waals surface area contributed by atoms with Gasteiger partial charge in [0, 0.05) is 55.1 Å². The Labute approximate surface area is 227 Å². The molecule has 37 heavy (non-hydrogen) atoms. The van der Waals surface area contributed by atoms with Crippen LogP contribution < -0.4 is 9.64 Å². The fourth-order valence-electron chi connectivity index (χ4n) is 5.13. The standard InChI is InChI=1S/C27H25FN6O.2ClH/c1-18-5-6-20-22(31-18)3-2-4-24(20)33-13-11-32(12-14-33)10-9-19-21(28)7-8-25-27(19)35-16-26-23(15-29)30-17-34(25)26;;/h2-8,17H,9-14,16H2,1H3;2*1H. The van der Waals surface area contributed by atoms with E-state index < -0.39 is 0 Å². The molecule has 7 nitrogen and oxygen atoms in total. The third-order valence-corrected chi connectivity index (χ3v) is 7.01. The van der Waals surface area contributed by atoms with E-state index in [9.17, 15) is 9.65 Å². The zero-order valence-electron chi connectivity index (χ0n) is 20.4. The molecule has 0 aliphatic carbocycles. The lowest BCUT2D eigenvalue weighted by Gasteiger charge is -2.36. The van der Waals surface area contributed by atoms with Crippen LogP contribution in [0.25, 0.3) is 16.6 Å². The second-order valence-electron chi connectivity index (χ2n) is 9.06. The topological polar surface area (TPSA) is 70.2 Å². The minimum Gasteiger partial charge on any atom is -0.485 e. The summed E-state index contributed by atoms with van der Waals surface area (Å²) in [6.07, 6.45) is 2.17. The summed E-state index contributed by atoms with van der Waals surface area (Å²) < 4.78 is 22.6. The van der Waals surface area contributed by atoms with Crippen molar-refractivity contribution in [2.24, 2.45) is 0 Å². The quantitative estimate of drug-likeness (QED) is 0.369. The lowest BCUT2D eigenvalue weighted by atomic mass is 10.1. The summed E-state index contributed by atoms with van der Waals surface area (Å²) in [7, 11) is 0. The lowest BCUT2D eigenvalue weighted by molar-refractivity contribution is 0.253. The van der Waals surface area contributed by atoms with Gasteiger partial charge in [0.25, 0.3) is 0 Å². The monoisotopic (exact) mass is 540 g/mol. The van der Waals surface area contributed by atoms with Crippen LogP contribution in [-0.2, 0) is 13.0 Å². The number of rotatable bonds is 4. The number of ether oxygens (including phenoxy) is 1. The van der Waals surface area contributed by atoms with E-state index in [0.29, 0.717) is 29.1 Å². The number of piperazine rings is 1. The highest BCUT2D eigenvalue weighted by Gasteiger charge is 2.26. The maximum absolute atomic E-state index is 14.8. The van der Waals surface area contributed by atoms with Crippen molar-refractivity contribution >= 4 is 41.4 Å². The van der Waals surface area contributed by atoms with Crippen molar-refractivity contribution in [3.63, 3.8) is 0 Å². The van der Waals surface area contributed by atoms with E-state index in [1.54, 1.807) is 12.4 Å². The first-order valence-electron chi connectivity index (χ1n) is 11.9. The number of imidazole rings is 1. The molecule has 0 N–H and O–H groups in total. The van der Waals surface area contributed by atoms with Crippen molar-refractivity contribution in [1.82, 2.24) is 19.4 Å². The molecule has 10 heteroatoms. The van der Waals surface area contributed by atoms with Gasteiger partial charge in [0.2, 0.25) is 0 Å². The van der Waals surface area contributed by atoms with Crippen LogP contribution >= 0.6 is 24.8 Å². The number of aromatic nitrogens is 3. The fraction of sp³-hybridized carbons (Fsp3) is 0.296. The van der Waals surface area contributed by atoms with Gasteiger partial charge < -0.3 is 9.64 Å². The van der Waals surface area contributed by atoms with E-state index in [2.05, 4.69) is 56.2 Å². The van der Waals surface area contributed by atoms with Crippen molar-refractivity contribution in [2.45, 2.75) is 20.0 Å². The summed E-state index contributed by atoms with van der Waals surface area (Å²) in [5.41, 5.74) is 5.63. The second-order valence-corrected chi connectivity index (χ2v) is 9.06. The summed E-state index contributed by atoms with van der Waals surface area (Å²) in [6.45, 7) is 6.61. The van der Waals surface area contributed by atoms with Crippen LogP contribution in [0.15, 0.2) is 48.8 Å². The summed E-state index contributed by atoms with van der Waals surface area (Å²) in [6, 6.07) is 15.8. The predicted octanol–water partition coefficient (Wildman–Crippen LogP) is 4.84. The number of hydrogen-bond acceptors (Lipinski definition) is 6. The molecule has 2 aliphatic rings. The van der Waals surface area contributed by atoms with Gasteiger partial charge in [0.1, 0.15) is 30.6 Å². The van der Waals surface area contributed by atoms with Crippen LogP contribution in [0.5, 0.6) is 5.75 Å². The van der Waals surface area contributed by atoms with E-state index in [-0.39, 0.29) is 37.2 Å². The van der Waals surface area contributed by atoms with Crippen LogP contribution in [0, 0.1) is 24.1 Å². The molecule has 0 bridgehead atoms. The molecule has 0 atom stereocenters. The summed E-state index contributed by atoms with van der Waals surface area (Å²) in [4.78, 5) is 13.6. The molecule has 0 amide bonds. The average molecular weight is 541 g/mol. The smallest absolute Gasteiger partial charge is 0.165 e. The lowest BCUT2D eigenvalue weighted by Crippen LogP contribution is -2.47. The molecule has 1 saturated heterocycles. The van der Waals surface area contributed by atoms with Crippen molar-refractivity contribution in [3.8, 4) is 17.5 Å². The molecule has 2 aromatic heterocycles. The molecule has 0 radical (unpaired) electrons. The SMILES string of the molecule is Cc1ccc2c(N3CCN(CCc4c(F)ccc5c4OCc4c(C#N)ncn4-5)CC3)cccc2n1.Cl.Cl. The van der Waals surface area contributed by atoms with Gasteiger partial charge in [-0.25, -0.2) is 9.37 Å². The number of pyridine rings is 1. The first-order chi connectivity index (χ1) is 17.1. The van der Waals surface area contributed by atoms with Crippen LogP contribution in [0.1, 0.15) is 22.6 Å². The zero-order valence-corrected chi connectivity index (χ0v) is 22.0. The Morgan fingerprint density at radius 2 is 1.84 bits per heavy atom. The Kier molecular flexibility index (Phi) is 7.88. The predicted molar refractivity (Wildman–Crippen MR) is 146 cm³/mol. The molecular weight excluding hydrogens is 514 g/mol. The number of fused-ring (bicyclic) bond motifs is 4. The number of aryl methyl sites for hydroxylation is 1. The van der Waals surface area contributed by atoms with E-state index in [1.807, 2.05) is 11.5 Å². The molecule has 192 valence electrons. The normalized spacial score (nSPS) is 14.6. The number of halogens is 3. The minimum absolute atomic E-state index is 0. The average Bonchev–Trinajstić information content (AvgIpc) is 3.31. The molecular formula is C27H27Cl2FN6O. The summed E-state index contributed by atoms with van der Waals surface area (Å²) in [5.74, 6) is 0.293. The third-order valence-electron chi connectivity index (χ3n) is 7.01. The first kappa shape index (κ1) is 26.7. The first-order valence-corrected chi connectivity index (χ1v) is 11.9. The Morgan fingerprint density at radius 3 is 2.62 bits per heavy atom. The van der Waals surface area contributed by atoms with Gasteiger partial charge in [-0.15, -0.1) is 24.8 Å². The van der Waals surface area contributed by atoms with E-state index in [0.717, 1.165) is 49.6 Å². The van der Waals surface area contributed by atoms with Gasteiger partial charge in [-0.05, 0) is 49.7 Å². The van der Waals surface area contributed by atoms with Gasteiger partial charge in [0.15, 0.2) is 5.69 Å². The molecule has 2 aliphatic heterocycles. The summed E-state index contributed by atoms with van der Waals surface area (Å²) in [5, 5.41) is 10.4. The molecule has 2 aromatic carbocycles. The largest absolute Gasteiger partial charge is 0.485 e. The number of hydrogen-bond donors (Lipinski definition) is 0. The number of anilines is 1. The van der Waals surface area contributed by atoms with Gasteiger partial charge in [-0.2, -0.15) is 5.26 Å². The molecule has 0 spiro atoms. The maximum Gasteiger partial charge on any atom is 0.165 e. The van der Waals surface area contributed by atoms with Gasteiger partial charge in [-0.3, -0.25) is 14.5 Å². The highest BCUT2D eigenvalue weighted by atomic mass is 35.5. The van der Waals surface area contributed by atoms with Gasteiger partial charge in [-0.1, -0.05) is 6.07 Å². The highest BCUT2D eigenvalue weighted by Crippen LogP contribution is 2.36. The molecule has 4 heterocycles. The molecule has 4 aromatic rings. The number of nitriles is 1.